The van der Waals surface area contributed by atoms with Crippen molar-refractivity contribution < 1.29 is 9.72 Å². The van der Waals surface area contributed by atoms with Crippen molar-refractivity contribution in [3.63, 3.8) is 0 Å². The number of hydrogen-bond acceptors (Lipinski definition) is 7. The van der Waals surface area contributed by atoms with Crippen LogP contribution in [0.3, 0.4) is 0 Å². The zero-order valence-corrected chi connectivity index (χ0v) is 7.86. The summed E-state index contributed by atoms with van der Waals surface area (Å²) < 4.78 is 0. The van der Waals surface area contributed by atoms with E-state index in [1.165, 1.54) is 0 Å². The molecule has 84 valence electrons. The highest BCUT2D eigenvalue weighted by molar-refractivity contribution is 5.84. The highest BCUT2D eigenvalue weighted by atomic mass is 16.6. The monoisotopic (exact) mass is 225 g/mol. The molecule has 0 saturated carbocycles. The Balaban J connectivity index is 2.95. The Morgan fingerprint density at radius 3 is 2.88 bits per heavy atom. The number of nitro groups is 1. The summed E-state index contributed by atoms with van der Waals surface area (Å²) >= 11 is 0. The fourth-order valence-electron chi connectivity index (χ4n) is 0.821. The largest absolute Gasteiger partial charge is 0.369 e. The number of aromatic amines is 1. The SMILES string of the molecule is Nc1nc(/N=C/C(C=O)[N+](=O)[O-])cc(=O)[nH]1. The molecule has 1 heterocycles. The lowest BCUT2D eigenvalue weighted by Gasteiger charge is -1.95. The molecule has 16 heavy (non-hydrogen) atoms. The Labute approximate surface area is 88.2 Å². The summed E-state index contributed by atoms with van der Waals surface area (Å²) in [4.78, 5) is 39.9. The lowest BCUT2D eigenvalue weighted by atomic mass is 10.4. The number of rotatable bonds is 4. The second-order valence-corrected chi connectivity index (χ2v) is 2.68. The predicted molar refractivity (Wildman–Crippen MR) is 54.3 cm³/mol. The molecule has 0 saturated heterocycles. The third kappa shape index (κ3) is 2.97. The van der Waals surface area contributed by atoms with Crippen LogP contribution in [-0.4, -0.2) is 33.4 Å². The van der Waals surface area contributed by atoms with E-state index in [-0.39, 0.29) is 18.1 Å². The summed E-state index contributed by atoms with van der Waals surface area (Å²) in [5.41, 5.74) is 4.68. The van der Waals surface area contributed by atoms with Gasteiger partial charge in [-0.1, -0.05) is 0 Å². The number of nitrogen functional groups attached to an aromatic ring is 1. The number of anilines is 1. The number of aldehydes is 1. The Hall–Kier alpha value is -2.58. The van der Waals surface area contributed by atoms with Crippen molar-refractivity contribution in [2.24, 2.45) is 4.99 Å². The zero-order valence-electron chi connectivity index (χ0n) is 7.86. The van der Waals surface area contributed by atoms with Crippen LogP contribution in [0.25, 0.3) is 0 Å². The third-order valence-corrected chi connectivity index (χ3v) is 1.49. The van der Waals surface area contributed by atoms with E-state index in [1.807, 2.05) is 0 Å². The van der Waals surface area contributed by atoms with Crippen molar-refractivity contribution >= 4 is 24.3 Å². The molecule has 0 aliphatic heterocycles. The van der Waals surface area contributed by atoms with Crippen LogP contribution < -0.4 is 11.3 Å². The number of carbonyl (C=O) groups is 1. The number of carbonyl (C=O) groups excluding carboxylic acids is 1. The molecule has 3 N–H and O–H groups in total. The molecule has 1 unspecified atom stereocenters. The molecule has 1 aromatic heterocycles. The van der Waals surface area contributed by atoms with Crippen LogP contribution in [-0.2, 0) is 4.79 Å². The van der Waals surface area contributed by atoms with Gasteiger partial charge in [-0.05, 0) is 0 Å². The molecule has 0 spiro atoms. The first-order valence-electron chi connectivity index (χ1n) is 4.02. The first kappa shape index (κ1) is 11.5. The lowest BCUT2D eigenvalue weighted by molar-refractivity contribution is -0.485. The maximum absolute atomic E-state index is 10.9. The van der Waals surface area contributed by atoms with Crippen LogP contribution in [0.1, 0.15) is 0 Å². The van der Waals surface area contributed by atoms with Crippen LogP contribution in [0.4, 0.5) is 11.8 Å². The van der Waals surface area contributed by atoms with E-state index in [4.69, 9.17) is 5.73 Å². The summed E-state index contributed by atoms with van der Waals surface area (Å²) in [7, 11) is 0. The van der Waals surface area contributed by atoms with Gasteiger partial charge in [0.2, 0.25) is 5.95 Å². The number of nitrogens with one attached hydrogen (secondary N) is 1. The van der Waals surface area contributed by atoms with Gasteiger partial charge in [-0.3, -0.25) is 24.7 Å². The quantitative estimate of drug-likeness (QED) is 0.288. The maximum Gasteiger partial charge on any atom is 0.302 e. The molecule has 0 radical (unpaired) electrons. The average molecular weight is 225 g/mol. The van der Waals surface area contributed by atoms with E-state index in [2.05, 4.69) is 15.0 Å². The van der Waals surface area contributed by atoms with Crippen molar-refractivity contribution in [3.8, 4) is 0 Å². The van der Waals surface area contributed by atoms with E-state index in [0.717, 1.165) is 12.3 Å². The average Bonchev–Trinajstić information content (AvgIpc) is 2.16. The molecule has 0 fully saturated rings. The van der Waals surface area contributed by atoms with E-state index in [0.29, 0.717) is 0 Å². The molecule has 0 aromatic carbocycles. The predicted octanol–water partition coefficient (Wildman–Crippen LogP) is -1.10. The Morgan fingerprint density at radius 1 is 1.69 bits per heavy atom. The summed E-state index contributed by atoms with van der Waals surface area (Å²) in [5.74, 6) is -0.265. The normalized spacial score (nSPS) is 12.5. The van der Waals surface area contributed by atoms with Crippen molar-refractivity contribution in [2.45, 2.75) is 6.04 Å². The van der Waals surface area contributed by atoms with E-state index in [9.17, 15) is 19.7 Å². The molecular weight excluding hydrogens is 218 g/mol. The lowest BCUT2D eigenvalue weighted by Crippen LogP contribution is -2.22. The second-order valence-electron chi connectivity index (χ2n) is 2.68. The third-order valence-electron chi connectivity index (χ3n) is 1.49. The van der Waals surface area contributed by atoms with Gasteiger partial charge in [0.1, 0.15) is 0 Å². The molecule has 0 amide bonds. The van der Waals surface area contributed by atoms with Crippen molar-refractivity contribution in [1.82, 2.24) is 9.97 Å². The fraction of sp³-hybridized carbons (Fsp3) is 0.143. The first-order valence-corrected chi connectivity index (χ1v) is 4.02. The smallest absolute Gasteiger partial charge is 0.302 e. The minimum absolute atomic E-state index is 0.102. The van der Waals surface area contributed by atoms with Crippen LogP contribution >= 0.6 is 0 Å². The van der Waals surface area contributed by atoms with Crippen LogP contribution in [0.5, 0.6) is 0 Å². The van der Waals surface area contributed by atoms with Gasteiger partial charge >= 0.3 is 6.04 Å². The van der Waals surface area contributed by atoms with E-state index in [1.54, 1.807) is 0 Å². The summed E-state index contributed by atoms with van der Waals surface area (Å²) in [6.45, 7) is 0. The number of nitrogens with zero attached hydrogens (tertiary/aromatic N) is 3. The Bertz CT molecular complexity index is 494. The molecule has 9 nitrogen and oxygen atoms in total. The topological polar surface area (TPSA) is 144 Å². The summed E-state index contributed by atoms with van der Waals surface area (Å²) in [6, 6.07) is -0.573. The van der Waals surface area contributed by atoms with Crippen LogP contribution in [0.15, 0.2) is 15.9 Å². The van der Waals surface area contributed by atoms with E-state index >= 15 is 0 Å². The van der Waals surface area contributed by atoms with E-state index < -0.39 is 16.5 Å². The highest BCUT2D eigenvalue weighted by Crippen LogP contribution is 2.03. The van der Waals surface area contributed by atoms with Crippen LogP contribution in [0, 0.1) is 10.1 Å². The first-order chi connectivity index (χ1) is 7.52. The van der Waals surface area contributed by atoms with Crippen LogP contribution in [0.2, 0.25) is 0 Å². The molecule has 0 aliphatic rings. The van der Waals surface area contributed by atoms with Gasteiger partial charge in [0.25, 0.3) is 5.56 Å². The molecule has 9 heteroatoms. The van der Waals surface area contributed by atoms with Gasteiger partial charge in [0.05, 0.1) is 6.21 Å². The number of H-pyrrole nitrogens is 1. The Morgan fingerprint density at radius 2 is 2.38 bits per heavy atom. The molecule has 1 rings (SSSR count). The Kier molecular flexibility index (Phi) is 3.43. The molecule has 1 atom stereocenters. The molecule has 1 aromatic rings. The van der Waals surface area contributed by atoms with Crippen molar-refractivity contribution in [1.29, 1.82) is 0 Å². The number of aromatic nitrogens is 2. The van der Waals surface area contributed by atoms with Gasteiger partial charge in [0, 0.05) is 11.0 Å². The molecule has 0 bridgehead atoms. The summed E-state index contributed by atoms with van der Waals surface area (Å²) in [5, 5.41) is 10.3. The van der Waals surface area contributed by atoms with Crippen molar-refractivity contribution in [3.05, 3.63) is 26.5 Å². The minimum Gasteiger partial charge on any atom is -0.369 e. The number of aliphatic imine (C=N–C) groups is 1. The zero-order chi connectivity index (χ0) is 12.1. The van der Waals surface area contributed by atoms with Gasteiger partial charge < -0.3 is 5.73 Å². The van der Waals surface area contributed by atoms with Gasteiger partial charge in [-0.25, -0.2) is 4.99 Å². The van der Waals surface area contributed by atoms with Gasteiger partial charge in [-0.15, -0.1) is 0 Å². The summed E-state index contributed by atoms with van der Waals surface area (Å²) in [6.07, 6.45) is 0.883. The molecular formula is C7H7N5O4. The van der Waals surface area contributed by atoms with Gasteiger partial charge in [0.15, 0.2) is 12.1 Å². The molecule has 0 aliphatic carbocycles. The second kappa shape index (κ2) is 4.77. The maximum atomic E-state index is 10.9. The van der Waals surface area contributed by atoms with Crippen molar-refractivity contribution in [2.75, 3.05) is 5.73 Å². The van der Waals surface area contributed by atoms with Gasteiger partial charge in [-0.2, -0.15) is 4.98 Å². The number of nitrogens with two attached hydrogens (primary N) is 1. The minimum atomic E-state index is -1.57. The fourth-order valence-corrected chi connectivity index (χ4v) is 0.821. The highest BCUT2D eigenvalue weighted by Gasteiger charge is 2.14. The standard InChI is InChI=1S/C7H7N5O4/c8-7-10-5(1-6(14)11-7)9-2-4(3-13)12(15)16/h1-4H,(H3,8,10,11,14)/b9-2+. The number of hydrogen-bond donors (Lipinski definition) is 2.